The molecule has 278 valence electrons. The van der Waals surface area contributed by atoms with Gasteiger partial charge in [0.1, 0.15) is 11.5 Å². The Bertz CT molecular complexity index is 2200. The third-order valence-electron chi connectivity index (χ3n) is 9.64. The highest BCUT2D eigenvalue weighted by Crippen LogP contribution is 2.54. The van der Waals surface area contributed by atoms with E-state index >= 15 is 0 Å². The summed E-state index contributed by atoms with van der Waals surface area (Å²) in [6, 6.07) is 28.6. The molecule has 1 aliphatic heterocycles. The van der Waals surface area contributed by atoms with Gasteiger partial charge >= 0.3 is 5.97 Å². The van der Waals surface area contributed by atoms with E-state index in [1.165, 1.54) is 0 Å². The molecule has 0 radical (unpaired) electrons. The lowest BCUT2D eigenvalue weighted by atomic mass is 9.82. The molecule has 5 aromatic carbocycles. The van der Waals surface area contributed by atoms with Crippen molar-refractivity contribution in [2.24, 2.45) is 0 Å². The summed E-state index contributed by atoms with van der Waals surface area (Å²) in [5.74, 6) is 0.976. The normalized spacial score (nSPS) is 15.5. The molecule has 54 heavy (non-hydrogen) atoms. The maximum Gasteiger partial charge on any atom is 0.341 e. The maximum absolute atomic E-state index is 14.3. The second-order valence-electron chi connectivity index (χ2n) is 13.6. The van der Waals surface area contributed by atoms with E-state index in [1.807, 2.05) is 78.5 Å². The summed E-state index contributed by atoms with van der Waals surface area (Å²) in [6.07, 6.45) is 4.02. The number of hydrogen-bond acceptors (Lipinski definition) is 6. The molecule has 0 bridgehead atoms. The van der Waals surface area contributed by atoms with Gasteiger partial charge in [-0.05, 0) is 151 Å². The Morgan fingerprint density at radius 3 is 1.41 bits per heavy atom. The maximum atomic E-state index is 14.3. The number of rotatable bonds is 10. The van der Waals surface area contributed by atoms with E-state index < -0.39 is 11.6 Å². The average molecular weight is 892 g/mol. The minimum atomic E-state index is -1.51. The molecule has 0 saturated carbocycles. The van der Waals surface area contributed by atoms with Crippen LogP contribution in [0, 0.1) is 13.8 Å². The second-order valence-corrected chi connectivity index (χ2v) is 15.9. The van der Waals surface area contributed by atoms with E-state index in [0.717, 1.165) is 67.4 Å². The lowest BCUT2D eigenvalue weighted by Crippen LogP contribution is -2.23. The summed E-state index contributed by atoms with van der Waals surface area (Å²) < 4.78 is 18.8. The number of halogens is 4. The van der Waals surface area contributed by atoms with E-state index in [-0.39, 0.29) is 15.6 Å². The smallest absolute Gasteiger partial charge is 0.341 e. The van der Waals surface area contributed by atoms with Crippen LogP contribution in [0.3, 0.4) is 0 Å². The Hall–Kier alpha value is -4.21. The molecule has 5 aromatic rings. The number of ether oxygens (including phenoxy) is 3. The molecule has 6 rings (SSSR count). The van der Waals surface area contributed by atoms with Gasteiger partial charge in [-0.3, -0.25) is 0 Å². The minimum Gasteiger partial charge on any atom is -0.496 e. The topological polar surface area (TPSA) is 51.2 Å². The predicted molar refractivity (Wildman–Crippen MR) is 230 cm³/mol. The lowest BCUT2D eigenvalue weighted by Gasteiger charge is -2.28. The summed E-state index contributed by atoms with van der Waals surface area (Å²) >= 11 is 21.0. The third-order valence-corrected chi connectivity index (χ3v) is 12.5. The summed E-state index contributed by atoms with van der Waals surface area (Å²) in [5, 5.41) is 0.458. The zero-order chi connectivity index (χ0) is 39.1. The van der Waals surface area contributed by atoms with Gasteiger partial charge in [0.25, 0.3) is 0 Å². The molecule has 6 nitrogen and oxygen atoms in total. The number of carbonyl (C=O) groups is 1. The highest BCUT2D eigenvalue weighted by Gasteiger charge is 2.48. The molecule has 0 spiro atoms. The van der Waals surface area contributed by atoms with Crippen LogP contribution in [0.5, 0.6) is 11.5 Å². The standard InChI is InChI=1S/C44H40Br2Cl2N2O4/c1-25-21-29(13-19-35(25)52-7)33(27-9-15-31(16-10-27)49(3)4)23-44(38-37(43(51)54-44)39(45)41(47)42(48)40(38)46)24-34(28-11-17-32(18-12-28)50(5)6)30-14-20-36(53-8)26(2)22-30/h9-24H,1-8H3/b33-23-,34-24-. The molecular formula is C44H40Br2Cl2N2O4. The van der Waals surface area contributed by atoms with Crippen LogP contribution in [-0.4, -0.2) is 48.4 Å². The molecule has 0 fully saturated rings. The number of benzene rings is 5. The summed E-state index contributed by atoms with van der Waals surface area (Å²) in [4.78, 5) is 18.4. The van der Waals surface area contributed by atoms with Crippen LogP contribution in [0.2, 0.25) is 10.0 Å². The summed E-state index contributed by atoms with van der Waals surface area (Å²) in [6.45, 7) is 4.01. The van der Waals surface area contributed by atoms with E-state index in [9.17, 15) is 4.79 Å². The molecule has 0 aliphatic carbocycles. The van der Waals surface area contributed by atoms with Crippen LogP contribution < -0.4 is 19.3 Å². The third kappa shape index (κ3) is 7.41. The second kappa shape index (κ2) is 15.9. The summed E-state index contributed by atoms with van der Waals surface area (Å²) in [7, 11) is 11.3. The highest BCUT2D eigenvalue weighted by atomic mass is 79.9. The Morgan fingerprint density at radius 2 is 1.04 bits per heavy atom. The van der Waals surface area contributed by atoms with Crippen LogP contribution in [0.4, 0.5) is 11.4 Å². The van der Waals surface area contributed by atoms with Crippen molar-refractivity contribution in [2.45, 2.75) is 19.4 Å². The first-order valence-corrected chi connectivity index (χ1v) is 19.4. The number of fused-ring (bicyclic) bond motifs is 1. The van der Waals surface area contributed by atoms with Crippen LogP contribution in [0.1, 0.15) is 49.3 Å². The van der Waals surface area contributed by atoms with Crippen LogP contribution in [0.25, 0.3) is 11.1 Å². The zero-order valence-corrected chi connectivity index (χ0v) is 36.0. The molecule has 0 atom stereocenters. The van der Waals surface area contributed by atoms with Crippen molar-refractivity contribution in [3.05, 3.63) is 161 Å². The number of esters is 1. The Kier molecular flexibility index (Phi) is 11.6. The fourth-order valence-electron chi connectivity index (χ4n) is 6.76. The average Bonchev–Trinajstić information content (AvgIpc) is 3.45. The number of cyclic esters (lactones) is 1. The quantitative estimate of drug-likeness (QED) is 0.0791. The number of anilines is 2. The summed E-state index contributed by atoms with van der Waals surface area (Å²) in [5.41, 5.74) is 8.56. The molecule has 0 aromatic heterocycles. The Balaban J connectivity index is 1.77. The molecule has 10 heteroatoms. The van der Waals surface area contributed by atoms with Crippen molar-refractivity contribution in [2.75, 3.05) is 52.2 Å². The van der Waals surface area contributed by atoms with Crippen molar-refractivity contribution in [3.63, 3.8) is 0 Å². The number of methoxy groups -OCH3 is 2. The minimum absolute atomic E-state index is 0.207. The van der Waals surface area contributed by atoms with Gasteiger partial charge in [-0.1, -0.05) is 59.6 Å². The number of nitrogens with zero attached hydrogens (tertiary/aromatic N) is 2. The van der Waals surface area contributed by atoms with Crippen molar-refractivity contribution in [1.29, 1.82) is 0 Å². The first kappa shape index (κ1) is 39.5. The molecule has 1 heterocycles. The number of carbonyl (C=O) groups excluding carboxylic acids is 1. The zero-order valence-electron chi connectivity index (χ0n) is 31.3. The molecule has 0 N–H and O–H groups in total. The van der Waals surface area contributed by atoms with Gasteiger partial charge in [-0.15, -0.1) is 0 Å². The predicted octanol–water partition coefficient (Wildman–Crippen LogP) is 11.9. The fourth-order valence-corrected chi connectivity index (χ4v) is 8.63. The Labute approximate surface area is 344 Å². The van der Waals surface area contributed by atoms with E-state index in [4.69, 9.17) is 37.4 Å². The highest BCUT2D eigenvalue weighted by molar-refractivity contribution is 9.11. The number of hydrogen-bond donors (Lipinski definition) is 0. The van der Waals surface area contributed by atoms with Gasteiger partial charge in [0, 0.05) is 49.6 Å². The van der Waals surface area contributed by atoms with Crippen molar-refractivity contribution < 1.29 is 19.0 Å². The SMILES string of the molecule is COc1ccc(/C(=C\C2(/C=C(/c3ccc(N(C)C)cc3)c3ccc(OC)c(C)c3)OC(=O)c3c(Br)c(Cl)c(Cl)c(Br)c32)c2ccc(N(C)C)cc2)cc1C. The van der Waals surface area contributed by atoms with Crippen LogP contribution in [-0.2, 0) is 10.3 Å². The first-order chi connectivity index (χ1) is 25.7. The van der Waals surface area contributed by atoms with Crippen molar-refractivity contribution in [3.8, 4) is 11.5 Å². The molecule has 1 aliphatic rings. The van der Waals surface area contributed by atoms with Crippen LogP contribution >= 0.6 is 55.1 Å². The van der Waals surface area contributed by atoms with Gasteiger partial charge < -0.3 is 24.0 Å². The number of aryl methyl sites for hydroxylation is 2. The largest absolute Gasteiger partial charge is 0.496 e. The van der Waals surface area contributed by atoms with E-state index in [0.29, 0.717) is 14.5 Å². The molecule has 0 saturated heterocycles. The molecular weight excluding hydrogens is 851 g/mol. The van der Waals surface area contributed by atoms with E-state index in [2.05, 4.69) is 102 Å². The van der Waals surface area contributed by atoms with Gasteiger partial charge in [0.05, 0.1) is 34.3 Å². The molecule has 0 amide bonds. The monoisotopic (exact) mass is 888 g/mol. The first-order valence-electron chi connectivity index (χ1n) is 17.1. The van der Waals surface area contributed by atoms with Gasteiger partial charge in [0.2, 0.25) is 0 Å². The van der Waals surface area contributed by atoms with Crippen LogP contribution in [0.15, 0.2) is 106 Å². The van der Waals surface area contributed by atoms with E-state index in [1.54, 1.807) is 14.2 Å². The molecule has 0 unspecified atom stereocenters. The fraction of sp³-hybridized carbons (Fsp3) is 0.205. The van der Waals surface area contributed by atoms with Gasteiger partial charge in [0.15, 0.2) is 5.60 Å². The lowest BCUT2D eigenvalue weighted by molar-refractivity contribution is 0.0298. The Morgan fingerprint density at radius 1 is 0.648 bits per heavy atom. The van der Waals surface area contributed by atoms with Crippen molar-refractivity contribution >= 4 is 83.6 Å². The van der Waals surface area contributed by atoms with Gasteiger partial charge in [-0.25, -0.2) is 4.79 Å². The van der Waals surface area contributed by atoms with Crippen molar-refractivity contribution in [1.82, 2.24) is 0 Å². The van der Waals surface area contributed by atoms with Gasteiger partial charge in [-0.2, -0.15) is 0 Å².